The Bertz CT molecular complexity index is 844. The van der Waals surface area contributed by atoms with E-state index in [9.17, 15) is 10.1 Å². The van der Waals surface area contributed by atoms with Crippen molar-refractivity contribution in [1.29, 1.82) is 5.26 Å². The SMILES string of the molecule is CSc1ncc(C#N)c(N2CCCC(N(C)C(=O)c3cnn(C)c3)C2)n1. The minimum absolute atomic E-state index is 0.0436. The Morgan fingerprint density at radius 2 is 2.27 bits per heavy atom. The molecule has 0 aromatic carbocycles. The number of carbonyl (C=O) groups excluding carboxylic acids is 1. The van der Waals surface area contributed by atoms with Gasteiger partial charge in [-0.15, -0.1) is 0 Å². The van der Waals surface area contributed by atoms with Crippen LogP contribution in [0.25, 0.3) is 0 Å². The first-order chi connectivity index (χ1) is 12.5. The lowest BCUT2D eigenvalue weighted by Crippen LogP contribution is -2.49. The van der Waals surface area contributed by atoms with E-state index in [1.54, 1.807) is 35.2 Å². The van der Waals surface area contributed by atoms with Crippen LogP contribution < -0.4 is 4.90 Å². The van der Waals surface area contributed by atoms with Gasteiger partial charge in [-0.3, -0.25) is 9.48 Å². The molecular formula is C17H21N7OS. The Balaban J connectivity index is 1.79. The van der Waals surface area contributed by atoms with Gasteiger partial charge in [-0.1, -0.05) is 11.8 Å². The van der Waals surface area contributed by atoms with Crippen LogP contribution in [-0.4, -0.2) is 63.0 Å². The molecule has 3 heterocycles. The largest absolute Gasteiger partial charge is 0.353 e. The van der Waals surface area contributed by atoms with E-state index in [-0.39, 0.29) is 11.9 Å². The van der Waals surface area contributed by atoms with Crippen molar-refractivity contribution in [2.45, 2.75) is 24.0 Å². The summed E-state index contributed by atoms with van der Waals surface area (Å²) in [6.45, 7) is 1.45. The molecule has 3 rings (SSSR count). The third kappa shape index (κ3) is 3.65. The first kappa shape index (κ1) is 18.2. The smallest absolute Gasteiger partial charge is 0.257 e. The van der Waals surface area contributed by atoms with Gasteiger partial charge >= 0.3 is 0 Å². The molecule has 2 aromatic rings. The highest BCUT2D eigenvalue weighted by atomic mass is 32.2. The summed E-state index contributed by atoms with van der Waals surface area (Å²) in [5.74, 6) is 0.608. The van der Waals surface area contributed by atoms with Gasteiger partial charge in [0.2, 0.25) is 0 Å². The van der Waals surface area contributed by atoms with Gasteiger partial charge in [0.25, 0.3) is 5.91 Å². The second-order valence-corrected chi connectivity index (χ2v) is 7.04. The monoisotopic (exact) mass is 371 g/mol. The number of likely N-dealkylation sites (N-methyl/N-ethyl adjacent to an activating group) is 1. The van der Waals surface area contributed by atoms with Crippen LogP contribution >= 0.6 is 11.8 Å². The molecule has 0 radical (unpaired) electrons. The number of aromatic nitrogens is 4. The van der Waals surface area contributed by atoms with Crippen molar-refractivity contribution < 1.29 is 4.79 Å². The summed E-state index contributed by atoms with van der Waals surface area (Å²) in [5.41, 5.74) is 1.04. The molecular weight excluding hydrogens is 350 g/mol. The number of anilines is 1. The van der Waals surface area contributed by atoms with Crippen LogP contribution in [-0.2, 0) is 7.05 Å². The number of carbonyl (C=O) groups is 1. The quantitative estimate of drug-likeness (QED) is 0.595. The van der Waals surface area contributed by atoms with Gasteiger partial charge in [0.1, 0.15) is 11.6 Å². The summed E-state index contributed by atoms with van der Waals surface area (Å²) in [6.07, 6.45) is 8.64. The van der Waals surface area contributed by atoms with Crippen LogP contribution in [0.1, 0.15) is 28.8 Å². The molecule has 1 amide bonds. The van der Waals surface area contributed by atoms with E-state index in [0.29, 0.717) is 28.6 Å². The molecule has 1 aliphatic heterocycles. The summed E-state index contributed by atoms with van der Waals surface area (Å²) < 4.78 is 1.62. The fourth-order valence-corrected chi connectivity index (χ4v) is 3.48. The molecule has 0 saturated carbocycles. The molecule has 1 atom stereocenters. The molecule has 9 heteroatoms. The van der Waals surface area contributed by atoms with Crippen molar-refractivity contribution in [3.05, 3.63) is 29.7 Å². The van der Waals surface area contributed by atoms with Gasteiger partial charge in [-0.2, -0.15) is 10.4 Å². The minimum atomic E-state index is -0.0436. The first-order valence-corrected chi connectivity index (χ1v) is 9.58. The number of piperidine rings is 1. The van der Waals surface area contributed by atoms with Gasteiger partial charge in [0, 0.05) is 39.4 Å². The molecule has 0 spiro atoms. The fraction of sp³-hybridized carbons (Fsp3) is 0.471. The van der Waals surface area contributed by atoms with Crippen LogP contribution in [0.2, 0.25) is 0 Å². The maximum atomic E-state index is 12.7. The lowest BCUT2D eigenvalue weighted by atomic mass is 10.0. The molecule has 26 heavy (non-hydrogen) atoms. The minimum Gasteiger partial charge on any atom is -0.353 e. The summed E-state index contributed by atoms with van der Waals surface area (Å²) in [7, 11) is 3.61. The van der Waals surface area contributed by atoms with Crippen LogP contribution in [0, 0.1) is 11.3 Å². The van der Waals surface area contributed by atoms with Gasteiger partial charge in [-0.25, -0.2) is 9.97 Å². The predicted octanol–water partition coefficient (Wildman–Crippen LogP) is 1.54. The molecule has 0 bridgehead atoms. The third-order valence-electron chi connectivity index (χ3n) is 4.57. The van der Waals surface area contributed by atoms with Crippen molar-refractivity contribution in [1.82, 2.24) is 24.6 Å². The van der Waals surface area contributed by atoms with E-state index in [1.165, 1.54) is 11.8 Å². The Labute approximate surface area is 156 Å². The van der Waals surface area contributed by atoms with E-state index in [2.05, 4.69) is 26.0 Å². The van der Waals surface area contributed by atoms with Crippen molar-refractivity contribution in [3.63, 3.8) is 0 Å². The number of hydrogen-bond acceptors (Lipinski definition) is 7. The summed E-state index contributed by atoms with van der Waals surface area (Å²) in [6, 6.07) is 2.22. The number of rotatable bonds is 4. The molecule has 0 N–H and O–H groups in total. The van der Waals surface area contributed by atoms with Crippen LogP contribution in [0.3, 0.4) is 0 Å². The Kier molecular flexibility index (Phi) is 5.42. The molecule has 1 fully saturated rings. The number of nitriles is 1. The van der Waals surface area contributed by atoms with Gasteiger partial charge in [0.05, 0.1) is 18.0 Å². The van der Waals surface area contributed by atoms with Crippen LogP contribution in [0.15, 0.2) is 23.7 Å². The zero-order valence-electron chi connectivity index (χ0n) is 15.1. The second kappa shape index (κ2) is 7.74. The predicted molar refractivity (Wildman–Crippen MR) is 99.1 cm³/mol. The zero-order chi connectivity index (χ0) is 18.7. The standard InChI is InChI=1S/C17H21N7OS/c1-22-10-13(9-20-22)16(25)23(2)14-5-4-6-24(11-14)15-12(7-18)8-19-17(21-15)26-3/h8-10,14H,4-6,11H2,1-3H3. The normalized spacial score (nSPS) is 17.0. The Hall–Kier alpha value is -2.60. The second-order valence-electron chi connectivity index (χ2n) is 6.27. The third-order valence-corrected chi connectivity index (χ3v) is 5.13. The van der Waals surface area contributed by atoms with Crippen molar-refractivity contribution in [2.24, 2.45) is 7.05 Å². The molecule has 8 nitrogen and oxygen atoms in total. The highest BCUT2D eigenvalue weighted by molar-refractivity contribution is 7.98. The summed E-state index contributed by atoms with van der Waals surface area (Å²) in [4.78, 5) is 25.3. The topological polar surface area (TPSA) is 90.9 Å². The Morgan fingerprint density at radius 1 is 1.46 bits per heavy atom. The number of amides is 1. The highest BCUT2D eigenvalue weighted by Crippen LogP contribution is 2.25. The molecule has 2 aromatic heterocycles. The van der Waals surface area contributed by atoms with Crippen molar-refractivity contribution >= 4 is 23.5 Å². The molecule has 1 saturated heterocycles. The average Bonchev–Trinajstić information content (AvgIpc) is 3.12. The van der Waals surface area contributed by atoms with Crippen LogP contribution in [0.4, 0.5) is 5.82 Å². The van der Waals surface area contributed by atoms with Gasteiger partial charge in [-0.05, 0) is 19.1 Å². The number of aryl methyl sites for hydroxylation is 1. The molecule has 1 aliphatic rings. The molecule has 136 valence electrons. The fourth-order valence-electron chi connectivity index (χ4n) is 3.14. The van der Waals surface area contributed by atoms with Crippen molar-refractivity contribution in [3.8, 4) is 6.07 Å². The first-order valence-electron chi connectivity index (χ1n) is 8.35. The van der Waals surface area contributed by atoms with Gasteiger partial charge < -0.3 is 9.80 Å². The van der Waals surface area contributed by atoms with Gasteiger partial charge in [0.15, 0.2) is 11.0 Å². The zero-order valence-corrected chi connectivity index (χ0v) is 15.9. The maximum Gasteiger partial charge on any atom is 0.257 e. The average molecular weight is 371 g/mol. The number of nitrogens with zero attached hydrogens (tertiary/aromatic N) is 7. The summed E-state index contributed by atoms with van der Waals surface area (Å²) >= 11 is 1.45. The van der Waals surface area contributed by atoms with E-state index >= 15 is 0 Å². The highest BCUT2D eigenvalue weighted by Gasteiger charge is 2.29. The van der Waals surface area contributed by atoms with Crippen molar-refractivity contribution in [2.75, 3.05) is 31.3 Å². The Morgan fingerprint density at radius 3 is 2.92 bits per heavy atom. The van der Waals surface area contributed by atoms with E-state index in [0.717, 1.165) is 19.4 Å². The lowest BCUT2D eigenvalue weighted by molar-refractivity contribution is 0.0717. The summed E-state index contributed by atoms with van der Waals surface area (Å²) in [5, 5.41) is 14.1. The molecule has 1 unspecified atom stereocenters. The maximum absolute atomic E-state index is 12.7. The van der Waals surface area contributed by atoms with E-state index in [1.807, 2.05) is 13.3 Å². The number of thioether (sulfide) groups is 1. The molecule has 0 aliphatic carbocycles. The number of hydrogen-bond donors (Lipinski definition) is 0. The lowest BCUT2D eigenvalue weighted by Gasteiger charge is -2.38. The van der Waals surface area contributed by atoms with E-state index < -0.39 is 0 Å². The van der Waals surface area contributed by atoms with Crippen LogP contribution in [0.5, 0.6) is 0 Å². The van der Waals surface area contributed by atoms with E-state index in [4.69, 9.17) is 0 Å².